The fourth-order valence-electron chi connectivity index (χ4n) is 16.1. The monoisotopic (exact) mass is 1980 g/mol. The molecule has 4 fully saturated rings. The van der Waals surface area contributed by atoms with Gasteiger partial charge in [-0.2, -0.15) is 35.3 Å². The van der Waals surface area contributed by atoms with E-state index < -0.39 is 245 Å². The minimum absolute atomic E-state index is 0.0372. The van der Waals surface area contributed by atoms with Gasteiger partial charge in [0, 0.05) is 159 Å². The third-order valence-corrected chi connectivity index (χ3v) is 28.0. The second-order valence-corrected chi connectivity index (χ2v) is 40.0. The fourth-order valence-corrected chi connectivity index (χ4v) is 19.0. The van der Waals surface area contributed by atoms with E-state index in [9.17, 15) is 96.8 Å². The number of benzene rings is 2. The molecule has 4 aliphatic rings. The van der Waals surface area contributed by atoms with Crippen molar-refractivity contribution in [1.82, 2.24) is 98.3 Å². The number of ketones is 2. The highest BCUT2D eigenvalue weighted by molar-refractivity contribution is 7.99. The number of aliphatic hydroxyl groups excluding tert-OH is 1. The molecule has 2 aromatic carbocycles. The van der Waals surface area contributed by atoms with E-state index in [2.05, 4.69) is 73.8 Å². The van der Waals surface area contributed by atoms with Crippen molar-refractivity contribution in [3.05, 3.63) is 72.1 Å². The van der Waals surface area contributed by atoms with Crippen LogP contribution in [-0.4, -0.2) is 365 Å². The largest absolute Gasteiger partial charge is 0.481 e. The van der Waals surface area contributed by atoms with Crippen LogP contribution >= 0.6 is 35.3 Å². The fraction of sp³-hybridized carbons (Fsp3) is 0.604. The predicted octanol–water partition coefficient (Wildman–Crippen LogP) is -3.24. The Morgan fingerprint density at radius 1 is 0.529 bits per heavy atom. The van der Waals surface area contributed by atoms with Gasteiger partial charge in [0.25, 0.3) is 0 Å². The molecule has 4 saturated heterocycles. The Labute approximate surface area is 812 Å². The number of hydrogen-bond donors (Lipinski definition) is 19. The Hall–Kier alpha value is -11.8. The number of thioether (sulfide) groups is 3. The standard InChI is InChI=1S/C91H133N21O23S3/c1-49(2)75-87(133)100-62(41-74(122)123)80(126)96-44-69(116)97-60(39-53-42-94-57-19-14-12-17-55(53)57)82(128)105-76(50(3)4)89(135)112-29-16-21-66(112)86(132)101-63(78(93)124)46-136-36-25-70(117)109-30-32-110-34-35-111(33-31-109)72(119)27-38-138-48-65(102-79(125)51(5)107-90(7,8)68(115)45-108(11)91(9,10)67(114)24-28-92)85(131)106-77(52(6)113)88(134)98-59(22-23-73(120)121)81(127)103-64(47-137-37-26-71(110)118)84(130)99-61(83(129)104-75)40-54-43-95-58-20-15-13-18-56(54)58/h12-15,17-20,42-43,49-52,59-66,75-77,94-95,107,113H,16,21-41,44-48,92H2,1-11H3,(H2,93,124)(H,96,126)(H,97,116)(H,98,134)(H,99,130)(H,100,133)(H,101,132)(H,102,125)(H,103,127)(H,104,129)(H,105,128)(H,106,131)(H,120,121)(H,122,123)/t51-,52+,59-,60-,61-,62-,63-,64-,65-,66-,75-,76-,77-/m0/s1. The lowest BCUT2D eigenvalue weighted by Gasteiger charge is -2.36. The Bertz CT molecular complexity index is 5090. The summed E-state index contributed by atoms with van der Waals surface area (Å²) in [5.41, 5.74) is 11.2. The number of Topliss-reactive ketones (excluding diaryl/α,β-unsaturated/α-hetero) is 2. The van der Waals surface area contributed by atoms with E-state index in [0.29, 0.717) is 39.4 Å². The number of nitrogens with one attached hydrogen (secondary N) is 14. The first kappa shape index (κ1) is 112. The summed E-state index contributed by atoms with van der Waals surface area (Å²) in [5, 5.41) is 64.1. The van der Waals surface area contributed by atoms with Crippen LogP contribution in [0.5, 0.6) is 0 Å². The number of carbonyl (C=O) groups is 20. The minimum Gasteiger partial charge on any atom is -0.481 e. The molecule has 6 heterocycles. The molecule has 4 bridgehead atoms. The van der Waals surface area contributed by atoms with Gasteiger partial charge in [-0.3, -0.25) is 106 Å². The van der Waals surface area contributed by atoms with Crippen LogP contribution < -0.4 is 75.3 Å². The molecule has 21 N–H and O–H groups in total. The lowest BCUT2D eigenvalue weighted by atomic mass is 9.92. The second kappa shape index (κ2) is 52.3. The van der Waals surface area contributed by atoms with Crippen LogP contribution in [0.2, 0.25) is 0 Å². The number of aliphatic carboxylic acids is 2. The van der Waals surface area contributed by atoms with E-state index in [1.165, 1.54) is 54.2 Å². The number of hydrogen-bond acceptors (Lipinski definition) is 27. The molecule has 0 saturated carbocycles. The molecular formula is C91H133N21O23S3. The molecule has 16 amide bonds. The molecular weight excluding hydrogens is 1850 g/mol. The highest BCUT2D eigenvalue weighted by Crippen LogP contribution is 2.27. The maximum absolute atomic E-state index is 15.5. The summed E-state index contributed by atoms with van der Waals surface area (Å²) in [4.78, 5) is 301. The number of carboxylic acids is 2. The van der Waals surface area contributed by atoms with Gasteiger partial charge in [0.2, 0.25) is 94.5 Å². The van der Waals surface area contributed by atoms with Gasteiger partial charge >= 0.3 is 11.9 Å². The van der Waals surface area contributed by atoms with E-state index in [1.807, 2.05) is 0 Å². The van der Waals surface area contributed by atoms with Gasteiger partial charge in [-0.05, 0) is 109 Å². The maximum atomic E-state index is 15.5. The molecule has 2 aromatic heterocycles. The number of primary amides is 1. The predicted molar refractivity (Wildman–Crippen MR) is 513 cm³/mol. The van der Waals surface area contributed by atoms with E-state index in [1.54, 1.807) is 101 Å². The number of rotatable bonds is 24. The zero-order valence-electron chi connectivity index (χ0n) is 79.6. The van der Waals surface area contributed by atoms with Crippen LogP contribution in [0.4, 0.5) is 0 Å². The van der Waals surface area contributed by atoms with Gasteiger partial charge in [0.1, 0.15) is 66.5 Å². The van der Waals surface area contributed by atoms with E-state index in [4.69, 9.17) is 11.5 Å². The Morgan fingerprint density at radius 3 is 1.53 bits per heavy atom. The average Bonchev–Trinajstić information content (AvgIpc) is 1.70. The average molecular weight is 1990 g/mol. The van der Waals surface area contributed by atoms with Gasteiger partial charge in [-0.15, -0.1) is 0 Å². The van der Waals surface area contributed by atoms with E-state index in [-0.39, 0.29) is 138 Å². The van der Waals surface area contributed by atoms with Crippen molar-refractivity contribution >= 4 is 175 Å². The lowest BCUT2D eigenvalue weighted by molar-refractivity contribution is -0.143. The minimum atomic E-state index is -2.02. The number of nitrogens with two attached hydrogens (primary N) is 2. The number of amides is 16. The topological polar surface area (TPSA) is 646 Å². The summed E-state index contributed by atoms with van der Waals surface area (Å²) >= 11 is 3.01. The van der Waals surface area contributed by atoms with Crippen molar-refractivity contribution < 1.29 is 111 Å². The first-order valence-electron chi connectivity index (χ1n) is 46.1. The molecule has 8 rings (SSSR count). The summed E-state index contributed by atoms with van der Waals surface area (Å²) in [6, 6.07) is -5.63. The SMILES string of the molecule is CC(C)[C@@H]1NC(=O)[C@H](Cc2c[nH]c3ccccc23)NC(=O)[C@@H]2CSCCC(=O)N3CCN(CCN(CC3)C(=O)CCSC[C@H](NC(=O)[C@H](C)NC(C)(C)C(=O)CN(C)C(C)(C)C(=O)CCN)C(=O)N[C@@H]([C@@H](C)O)C(=O)N[C@@H](CCC(=O)O)C(=O)N2)C(=O)CCSC[C@@H](C(N)=O)NC(=O)[C@@H]2CCCN2C(=O)[C@H](C(C)C)NC(=O)[C@H](Cc2c[nH]c3ccccc23)NC(=O)CNC(=O)[C@H](CC(=O)O)NC1=O. The molecule has 44 nitrogen and oxygen atoms in total. The number of likely N-dealkylation sites (N-methyl/N-ethyl adjacent to an activating group) is 1. The van der Waals surface area contributed by atoms with Gasteiger partial charge in [0.15, 0.2) is 11.6 Å². The summed E-state index contributed by atoms with van der Waals surface area (Å²) in [6.07, 6.45) is -2.20. The number of aliphatic hydroxyl groups is 1. The number of para-hydroxylation sites is 2. The highest BCUT2D eigenvalue weighted by Gasteiger charge is 2.44. The van der Waals surface area contributed by atoms with Crippen molar-refractivity contribution in [3.63, 3.8) is 0 Å². The van der Waals surface area contributed by atoms with Crippen molar-refractivity contribution in [1.29, 1.82) is 0 Å². The molecule has 4 aliphatic heterocycles. The zero-order chi connectivity index (χ0) is 102. The Kier molecular flexibility index (Phi) is 42.2. The molecule has 0 unspecified atom stereocenters. The third kappa shape index (κ3) is 32.1. The molecule has 0 aliphatic carbocycles. The maximum Gasteiger partial charge on any atom is 0.305 e. The summed E-state index contributed by atoms with van der Waals surface area (Å²) in [7, 11) is 1.58. The van der Waals surface area contributed by atoms with Gasteiger partial charge < -0.3 is 115 Å². The summed E-state index contributed by atoms with van der Waals surface area (Å²) < 4.78 is 0. The number of aromatic amines is 2. The van der Waals surface area contributed by atoms with Crippen LogP contribution in [0.15, 0.2) is 60.9 Å². The van der Waals surface area contributed by atoms with Crippen LogP contribution in [0, 0.1) is 11.8 Å². The first-order chi connectivity index (χ1) is 65.2. The second-order valence-electron chi connectivity index (χ2n) is 36.6. The molecule has 758 valence electrons. The number of nitrogens with zero attached hydrogens (tertiary/aromatic N) is 5. The number of aromatic nitrogens is 2. The van der Waals surface area contributed by atoms with Crippen molar-refractivity contribution in [2.75, 3.05) is 107 Å². The molecule has 0 spiro atoms. The van der Waals surface area contributed by atoms with Crippen LogP contribution in [0.3, 0.4) is 0 Å². The number of carboxylic acid groups (broad SMARTS) is 2. The summed E-state index contributed by atoms with van der Waals surface area (Å²) in [5.74, 6) is -21.3. The number of H-pyrrole nitrogens is 2. The van der Waals surface area contributed by atoms with Crippen LogP contribution in [-0.2, 0) is 109 Å². The van der Waals surface area contributed by atoms with Crippen LogP contribution in [0.25, 0.3) is 21.8 Å². The quantitative estimate of drug-likeness (QED) is 0.0328. The molecule has 0 radical (unpaired) electrons. The van der Waals surface area contributed by atoms with E-state index >= 15 is 14.4 Å². The first-order valence-corrected chi connectivity index (χ1v) is 49.6. The Balaban J connectivity index is 1.18. The van der Waals surface area contributed by atoms with Gasteiger partial charge in [-0.1, -0.05) is 64.1 Å². The van der Waals surface area contributed by atoms with E-state index in [0.717, 1.165) is 42.2 Å². The van der Waals surface area contributed by atoms with Crippen LogP contribution in [0.1, 0.15) is 138 Å². The lowest BCUT2D eigenvalue weighted by Crippen LogP contribution is -2.63. The third-order valence-electron chi connectivity index (χ3n) is 24.8. The number of fused-ring (bicyclic) bond motifs is 12. The molecule has 138 heavy (non-hydrogen) atoms. The molecule has 47 heteroatoms. The van der Waals surface area contributed by atoms with Crippen molar-refractivity contribution in [3.8, 4) is 0 Å². The highest BCUT2D eigenvalue weighted by atomic mass is 32.2. The number of carbonyl (C=O) groups excluding carboxylic acids is 18. The van der Waals surface area contributed by atoms with Gasteiger partial charge in [0.05, 0.1) is 42.7 Å². The zero-order valence-corrected chi connectivity index (χ0v) is 82.1. The Morgan fingerprint density at radius 2 is 1.01 bits per heavy atom. The smallest absolute Gasteiger partial charge is 0.305 e. The molecule has 13 atom stereocenters. The van der Waals surface area contributed by atoms with Crippen molar-refractivity contribution in [2.24, 2.45) is 23.3 Å². The van der Waals surface area contributed by atoms with Gasteiger partial charge in [-0.25, -0.2) is 0 Å². The van der Waals surface area contributed by atoms with Crippen molar-refractivity contribution in [2.45, 2.75) is 230 Å². The summed E-state index contributed by atoms with van der Waals surface area (Å²) in [6.45, 7) is 13.4. The molecule has 4 aromatic rings. The normalized spacial score (nSPS) is 24.1.